The summed E-state index contributed by atoms with van der Waals surface area (Å²) in [6.07, 6.45) is 0. The predicted molar refractivity (Wildman–Crippen MR) is 77.5 cm³/mol. The van der Waals surface area contributed by atoms with Gasteiger partial charge in [0.25, 0.3) is 5.91 Å². The fourth-order valence-corrected chi connectivity index (χ4v) is 2.68. The molecule has 2 heterocycles. The number of benzene rings is 1. The maximum atomic E-state index is 12.5. The lowest BCUT2D eigenvalue weighted by Gasteiger charge is -2.42. The molecule has 0 saturated carbocycles. The summed E-state index contributed by atoms with van der Waals surface area (Å²) < 4.78 is 5.46. The topological polar surface area (TPSA) is 79.0 Å². The van der Waals surface area contributed by atoms with E-state index >= 15 is 0 Å². The third-order valence-corrected chi connectivity index (χ3v) is 3.81. The molecule has 2 saturated heterocycles. The summed E-state index contributed by atoms with van der Waals surface area (Å²) in [7, 11) is 0. The second-order valence-corrected chi connectivity index (χ2v) is 5.22. The van der Waals surface area contributed by atoms with Gasteiger partial charge >= 0.3 is 6.03 Å². The van der Waals surface area contributed by atoms with Crippen LogP contribution in [0.3, 0.4) is 0 Å². The number of hydrogen-bond acceptors (Lipinski definition) is 4. The van der Waals surface area contributed by atoms with Crippen molar-refractivity contribution in [1.29, 1.82) is 0 Å². The lowest BCUT2D eigenvalue weighted by atomic mass is 10.0. The van der Waals surface area contributed by atoms with Gasteiger partial charge in [-0.1, -0.05) is 12.1 Å². The van der Waals surface area contributed by atoms with Gasteiger partial charge in [-0.3, -0.25) is 14.5 Å². The molecule has 22 heavy (non-hydrogen) atoms. The van der Waals surface area contributed by atoms with Crippen LogP contribution in [-0.2, 0) is 4.79 Å². The van der Waals surface area contributed by atoms with Crippen LogP contribution >= 0.6 is 0 Å². The van der Waals surface area contributed by atoms with E-state index in [0.717, 1.165) is 0 Å². The molecule has 2 aliphatic rings. The number of carbonyl (C=O) groups excluding carboxylic acids is 3. The van der Waals surface area contributed by atoms with E-state index in [0.29, 0.717) is 31.0 Å². The van der Waals surface area contributed by atoms with Crippen molar-refractivity contribution in [2.45, 2.75) is 13.0 Å². The van der Waals surface area contributed by atoms with Crippen molar-refractivity contribution in [3.63, 3.8) is 0 Å². The van der Waals surface area contributed by atoms with Crippen molar-refractivity contribution >= 4 is 17.8 Å². The van der Waals surface area contributed by atoms with Crippen LogP contribution in [0.2, 0.25) is 0 Å². The van der Waals surface area contributed by atoms with Crippen molar-refractivity contribution in [2.75, 3.05) is 26.2 Å². The summed E-state index contributed by atoms with van der Waals surface area (Å²) in [5.74, 6) is 0.164. The zero-order chi connectivity index (χ0) is 15.7. The monoisotopic (exact) mass is 303 g/mol. The Hall–Kier alpha value is -2.57. The Bertz CT molecular complexity index is 609. The Labute approximate surface area is 127 Å². The molecule has 0 aromatic heterocycles. The van der Waals surface area contributed by atoms with E-state index in [4.69, 9.17) is 4.74 Å². The number of likely N-dealkylation sites (tertiary alicyclic amines) is 1. The average molecular weight is 303 g/mol. The molecule has 0 atom stereocenters. The van der Waals surface area contributed by atoms with Gasteiger partial charge in [0.15, 0.2) is 0 Å². The molecule has 0 aliphatic carbocycles. The van der Waals surface area contributed by atoms with E-state index in [-0.39, 0.29) is 30.4 Å². The third-order valence-electron chi connectivity index (χ3n) is 3.81. The maximum absolute atomic E-state index is 12.5. The van der Waals surface area contributed by atoms with Gasteiger partial charge in [-0.2, -0.15) is 0 Å². The zero-order valence-electron chi connectivity index (χ0n) is 12.2. The molecule has 0 spiro atoms. The van der Waals surface area contributed by atoms with E-state index < -0.39 is 0 Å². The van der Waals surface area contributed by atoms with Crippen molar-refractivity contribution < 1.29 is 19.1 Å². The van der Waals surface area contributed by atoms with Crippen LogP contribution in [0.25, 0.3) is 0 Å². The van der Waals surface area contributed by atoms with E-state index in [1.807, 2.05) is 13.0 Å². The smallest absolute Gasteiger partial charge is 0.324 e. The molecule has 0 radical (unpaired) electrons. The minimum absolute atomic E-state index is 0.0381. The van der Waals surface area contributed by atoms with Crippen LogP contribution in [0.1, 0.15) is 17.3 Å². The van der Waals surface area contributed by atoms with Gasteiger partial charge < -0.3 is 15.0 Å². The minimum Gasteiger partial charge on any atom is -0.493 e. The Kier molecular flexibility index (Phi) is 3.70. The molecule has 0 bridgehead atoms. The Morgan fingerprint density at radius 2 is 2.05 bits per heavy atom. The average Bonchev–Trinajstić information content (AvgIpc) is 2.79. The molecule has 2 aliphatic heterocycles. The van der Waals surface area contributed by atoms with Crippen LogP contribution < -0.4 is 10.1 Å². The van der Waals surface area contributed by atoms with Gasteiger partial charge in [0.05, 0.1) is 24.8 Å². The van der Waals surface area contributed by atoms with Crippen LogP contribution in [0.4, 0.5) is 4.79 Å². The first-order chi connectivity index (χ1) is 10.6. The van der Waals surface area contributed by atoms with Crippen LogP contribution in [0.15, 0.2) is 24.3 Å². The largest absolute Gasteiger partial charge is 0.493 e. The molecule has 3 rings (SSSR count). The summed E-state index contributed by atoms with van der Waals surface area (Å²) in [6, 6.07) is 6.45. The zero-order valence-corrected chi connectivity index (χ0v) is 12.2. The van der Waals surface area contributed by atoms with E-state index in [9.17, 15) is 14.4 Å². The molecule has 1 N–H and O–H groups in total. The number of amides is 4. The second kappa shape index (κ2) is 5.67. The normalized spacial score (nSPS) is 18.2. The molecule has 0 unspecified atom stereocenters. The van der Waals surface area contributed by atoms with Crippen molar-refractivity contribution in [3.8, 4) is 5.75 Å². The van der Waals surface area contributed by atoms with Gasteiger partial charge in [-0.15, -0.1) is 0 Å². The number of urea groups is 1. The first kappa shape index (κ1) is 14.4. The molecule has 2 fully saturated rings. The van der Waals surface area contributed by atoms with Crippen molar-refractivity contribution in [1.82, 2.24) is 15.1 Å². The second-order valence-electron chi connectivity index (χ2n) is 5.22. The highest BCUT2D eigenvalue weighted by Gasteiger charge is 2.43. The standard InChI is InChI=1S/C15H17N3O4/c1-2-22-12-6-4-3-5-11(12)14(20)17-8-10(9-17)18-13(19)7-16-15(18)21/h3-6,10H,2,7-9H2,1H3,(H,16,21). The highest BCUT2D eigenvalue weighted by Crippen LogP contribution is 2.24. The first-order valence-corrected chi connectivity index (χ1v) is 7.22. The van der Waals surface area contributed by atoms with Crippen molar-refractivity contribution in [3.05, 3.63) is 29.8 Å². The SMILES string of the molecule is CCOc1ccccc1C(=O)N1CC(N2C(=O)CNC2=O)C1. The molecular formula is C15H17N3O4. The lowest BCUT2D eigenvalue weighted by molar-refractivity contribution is -0.128. The quantitative estimate of drug-likeness (QED) is 0.820. The number of para-hydroxylation sites is 1. The Morgan fingerprint density at radius 1 is 1.32 bits per heavy atom. The molecule has 7 heteroatoms. The van der Waals surface area contributed by atoms with Gasteiger partial charge in [0, 0.05) is 13.1 Å². The number of imide groups is 1. The first-order valence-electron chi connectivity index (χ1n) is 7.22. The molecule has 1 aromatic carbocycles. The number of carbonyl (C=O) groups is 3. The number of ether oxygens (including phenoxy) is 1. The molecular weight excluding hydrogens is 286 g/mol. The van der Waals surface area contributed by atoms with Crippen LogP contribution in [-0.4, -0.2) is 59.9 Å². The Morgan fingerprint density at radius 3 is 2.68 bits per heavy atom. The maximum Gasteiger partial charge on any atom is 0.324 e. The number of rotatable bonds is 4. The summed E-state index contributed by atoms with van der Waals surface area (Å²) >= 11 is 0. The van der Waals surface area contributed by atoms with Gasteiger partial charge in [0.2, 0.25) is 5.91 Å². The number of nitrogens with one attached hydrogen (secondary N) is 1. The molecule has 7 nitrogen and oxygen atoms in total. The van der Waals surface area contributed by atoms with E-state index in [2.05, 4.69) is 5.32 Å². The molecule has 1 aromatic rings. The fourth-order valence-electron chi connectivity index (χ4n) is 2.68. The van der Waals surface area contributed by atoms with Gasteiger partial charge in [-0.25, -0.2) is 4.79 Å². The number of nitrogens with zero attached hydrogens (tertiary/aromatic N) is 2. The summed E-state index contributed by atoms with van der Waals surface area (Å²) in [5, 5.41) is 2.48. The van der Waals surface area contributed by atoms with Crippen LogP contribution in [0.5, 0.6) is 5.75 Å². The highest BCUT2D eigenvalue weighted by molar-refractivity contribution is 6.03. The van der Waals surface area contributed by atoms with E-state index in [1.165, 1.54) is 4.90 Å². The molecule has 116 valence electrons. The third kappa shape index (κ3) is 2.38. The fraction of sp³-hybridized carbons (Fsp3) is 0.400. The summed E-state index contributed by atoms with van der Waals surface area (Å²) in [6.45, 7) is 3.10. The minimum atomic E-state index is -0.378. The van der Waals surface area contributed by atoms with Gasteiger partial charge in [0.1, 0.15) is 5.75 Å². The summed E-state index contributed by atoms with van der Waals surface area (Å²) in [4.78, 5) is 38.5. The lowest BCUT2D eigenvalue weighted by Crippen LogP contribution is -2.62. The Balaban J connectivity index is 1.67. The molecule has 4 amide bonds. The summed E-state index contributed by atoms with van der Waals surface area (Å²) in [5.41, 5.74) is 0.500. The van der Waals surface area contributed by atoms with Crippen LogP contribution in [0, 0.1) is 0 Å². The predicted octanol–water partition coefficient (Wildman–Crippen LogP) is 0.462. The highest BCUT2D eigenvalue weighted by atomic mass is 16.5. The van der Waals surface area contributed by atoms with E-state index in [1.54, 1.807) is 23.1 Å². The number of hydrogen-bond donors (Lipinski definition) is 1. The van der Waals surface area contributed by atoms with Crippen molar-refractivity contribution in [2.24, 2.45) is 0 Å². The van der Waals surface area contributed by atoms with Gasteiger partial charge in [-0.05, 0) is 19.1 Å².